The molecule has 0 bridgehead atoms. The van der Waals surface area contributed by atoms with Crippen LogP contribution in [0.4, 0.5) is 5.95 Å². The van der Waals surface area contributed by atoms with Gasteiger partial charge in [0.15, 0.2) is 0 Å². The maximum atomic E-state index is 12.5. The number of aryl methyl sites for hydroxylation is 1. The molecule has 1 saturated heterocycles. The molecule has 0 spiro atoms. The van der Waals surface area contributed by atoms with Gasteiger partial charge >= 0.3 is 0 Å². The number of benzene rings is 1. The Hall–Kier alpha value is -3.06. The Morgan fingerprint density at radius 2 is 2.04 bits per heavy atom. The van der Waals surface area contributed by atoms with Gasteiger partial charge in [0.2, 0.25) is 5.95 Å². The van der Waals surface area contributed by atoms with E-state index >= 15 is 0 Å². The molecule has 0 unspecified atom stereocenters. The second-order valence-electron chi connectivity index (χ2n) is 6.93. The summed E-state index contributed by atoms with van der Waals surface area (Å²) in [5, 5.41) is 6.88. The summed E-state index contributed by atoms with van der Waals surface area (Å²) < 4.78 is 1.65. The molecule has 144 valence electrons. The Morgan fingerprint density at radius 3 is 2.79 bits per heavy atom. The number of aromatic nitrogens is 4. The highest BCUT2D eigenvalue weighted by atomic mass is 16.1. The van der Waals surface area contributed by atoms with E-state index in [9.17, 15) is 4.79 Å². The van der Waals surface area contributed by atoms with E-state index in [1.165, 1.54) is 18.3 Å². The number of nitrogens with zero attached hydrogens (tertiary/aromatic N) is 5. The van der Waals surface area contributed by atoms with Crippen molar-refractivity contribution >= 4 is 11.9 Å². The summed E-state index contributed by atoms with van der Waals surface area (Å²) in [6.07, 6.45) is 5.62. The van der Waals surface area contributed by atoms with Gasteiger partial charge in [0, 0.05) is 24.8 Å². The van der Waals surface area contributed by atoms with Gasteiger partial charge in [-0.15, -0.1) is 0 Å². The van der Waals surface area contributed by atoms with E-state index in [4.69, 9.17) is 0 Å². The van der Waals surface area contributed by atoms with E-state index in [1.807, 2.05) is 49.5 Å². The van der Waals surface area contributed by atoms with Crippen LogP contribution >= 0.6 is 0 Å². The first kappa shape index (κ1) is 18.3. The van der Waals surface area contributed by atoms with Crippen molar-refractivity contribution in [2.75, 3.05) is 11.9 Å². The minimum atomic E-state index is -0.179. The number of pyridine rings is 1. The molecule has 1 fully saturated rings. The Balaban J connectivity index is 1.41. The monoisotopic (exact) mass is 376 g/mol. The minimum absolute atomic E-state index is 0.179. The van der Waals surface area contributed by atoms with Gasteiger partial charge in [-0.1, -0.05) is 18.2 Å². The molecule has 1 aliphatic rings. The lowest BCUT2D eigenvalue weighted by Gasteiger charge is -2.24. The van der Waals surface area contributed by atoms with Gasteiger partial charge in [0.05, 0.1) is 11.7 Å². The van der Waals surface area contributed by atoms with Crippen LogP contribution in [0, 0.1) is 0 Å². The van der Waals surface area contributed by atoms with E-state index in [2.05, 4.69) is 31.3 Å². The lowest BCUT2D eigenvalue weighted by Crippen LogP contribution is -2.23. The SMILES string of the molecule is CCn1ncnc1NC(=O)c1ccc(CN2CCC[C@@H]2c2ccccn2)cc1. The van der Waals surface area contributed by atoms with E-state index < -0.39 is 0 Å². The second kappa shape index (κ2) is 8.31. The van der Waals surface area contributed by atoms with Crippen molar-refractivity contribution in [1.29, 1.82) is 0 Å². The predicted octanol–water partition coefficient (Wildman–Crippen LogP) is 3.28. The number of rotatable bonds is 6. The zero-order valence-electron chi connectivity index (χ0n) is 16.0. The number of hydrogen-bond acceptors (Lipinski definition) is 5. The van der Waals surface area contributed by atoms with Gasteiger partial charge < -0.3 is 0 Å². The maximum absolute atomic E-state index is 12.5. The molecule has 0 radical (unpaired) electrons. The fourth-order valence-corrected chi connectivity index (χ4v) is 3.69. The van der Waals surface area contributed by atoms with Crippen molar-refractivity contribution in [2.45, 2.75) is 38.9 Å². The van der Waals surface area contributed by atoms with Crippen LogP contribution in [0.3, 0.4) is 0 Å². The normalized spacial score (nSPS) is 17.0. The zero-order valence-corrected chi connectivity index (χ0v) is 16.0. The molecule has 3 aromatic rings. The molecule has 2 aromatic heterocycles. The average Bonchev–Trinajstić information content (AvgIpc) is 3.38. The second-order valence-corrected chi connectivity index (χ2v) is 6.93. The standard InChI is InChI=1S/C21H24N6O/c1-2-27-21(23-15-24-27)25-20(28)17-10-8-16(9-11-17)14-26-13-5-7-19(26)18-6-3-4-12-22-18/h3-4,6,8-12,15,19H,2,5,7,13-14H2,1H3,(H,23,24,25,28)/t19-/m1/s1. The molecule has 1 amide bonds. The van der Waals surface area contributed by atoms with Crippen molar-refractivity contribution in [3.05, 3.63) is 71.8 Å². The van der Waals surface area contributed by atoms with E-state index in [1.54, 1.807) is 4.68 Å². The summed E-state index contributed by atoms with van der Waals surface area (Å²) in [6.45, 7) is 4.53. The van der Waals surface area contributed by atoms with E-state index in [0.717, 1.165) is 25.2 Å². The first-order valence-electron chi connectivity index (χ1n) is 9.67. The molecule has 1 aliphatic heterocycles. The first-order valence-corrected chi connectivity index (χ1v) is 9.67. The quantitative estimate of drug-likeness (QED) is 0.714. The zero-order chi connectivity index (χ0) is 19.3. The van der Waals surface area contributed by atoms with Crippen molar-refractivity contribution in [2.24, 2.45) is 0 Å². The Labute approximate surface area is 164 Å². The van der Waals surface area contributed by atoms with Gasteiger partial charge in [-0.05, 0) is 56.1 Å². The molecule has 1 N–H and O–H groups in total. The van der Waals surface area contributed by atoms with Crippen LogP contribution in [0.5, 0.6) is 0 Å². The van der Waals surface area contributed by atoms with Crippen LogP contribution in [-0.4, -0.2) is 37.1 Å². The number of amides is 1. The summed E-state index contributed by atoms with van der Waals surface area (Å²) >= 11 is 0. The molecule has 7 nitrogen and oxygen atoms in total. The van der Waals surface area contributed by atoms with Gasteiger partial charge in [0.25, 0.3) is 5.91 Å². The summed E-state index contributed by atoms with van der Waals surface area (Å²) in [5.74, 6) is 0.286. The summed E-state index contributed by atoms with van der Waals surface area (Å²) in [5.41, 5.74) is 2.93. The van der Waals surface area contributed by atoms with Crippen molar-refractivity contribution < 1.29 is 4.79 Å². The Kier molecular flexibility index (Phi) is 5.43. The Morgan fingerprint density at radius 1 is 1.18 bits per heavy atom. The van der Waals surface area contributed by atoms with Crippen LogP contribution in [0.1, 0.15) is 47.4 Å². The van der Waals surface area contributed by atoms with Crippen molar-refractivity contribution in [3.63, 3.8) is 0 Å². The molecule has 1 atom stereocenters. The largest absolute Gasteiger partial charge is 0.291 e. The Bertz CT molecular complexity index is 922. The van der Waals surface area contributed by atoms with Gasteiger partial charge in [0.1, 0.15) is 6.33 Å². The van der Waals surface area contributed by atoms with Crippen LogP contribution in [-0.2, 0) is 13.1 Å². The minimum Gasteiger partial charge on any atom is -0.291 e. The predicted molar refractivity (Wildman–Crippen MR) is 107 cm³/mol. The highest BCUT2D eigenvalue weighted by molar-refractivity contribution is 6.03. The third-order valence-electron chi connectivity index (χ3n) is 5.14. The fourth-order valence-electron chi connectivity index (χ4n) is 3.69. The molecule has 28 heavy (non-hydrogen) atoms. The van der Waals surface area contributed by atoms with E-state index in [0.29, 0.717) is 24.1 Å². The summed E-state index contributed by atoms with van der Waals surface area (Å²) in [6, 6.07) is 14.2. The van der Waals surface area contributed by atoms with Gasteiger partial charge in [-0.25, -0.2) is 4.68 Å². The first-order chi connectivity index (χ1) is 13.7. The summed E-state index contributed by atoms with van der Waals surface area (Å²) in [4.78, 5) is 23.5. The van der Waals surface area contributed by atoms with Crippen LogP contribution in [0.15, 0.2) is 55.0 Å². The highest BCUT2D eigenvalue weighted by Crippen LogP contribution is 2.31. The molecule has 0 aliphatic carbocycles. The highest BCUT2D eigenvalue weighted by Gasteiger charge is 2.26. The fraction of sp³-hybridized carbons (Fsp3) is 0.333. The summed E-state index contributed by atoms with van der Waals surface area (Å²) in [7, 11) is 0. The van der Waals surface area contributed by atoms with Crippen molar-refractivity contribution in [1.82, 2.24) is 24.6 Å². The van der Waals surface area contributed by atoms with Crippen molar-refractivity contribution in [3.8, 4) is 0 Å². The van der Waals surface area contributed by atoms with Crippen LogP contribution in [0.2, 0.25) is 0 Å². The third kappa shape index (κ3) is 3.94. The number of hydrogen-bond donors (Lipinski definition) is 1. The molecular weight excluding hydrogens is 352 g/mol. The van der Waals surface area contributed by atoms with Crippen LogP contribution < -0.4 is 5.32 Å². The maximum Gasteiger partial charge on any atom is 0.258 e. The van der Waals surface area contributed by atoms with Gasteiger partial charge in [-0.3, -0.25) is 20.0 Å². The molecular formula is C21H24N6O. The lowest BCUT2D eigenvalue weighted by atomic mass is 10.1. The van der Waals surface area contributed by atoms with Crippen LogP contribution in [0.25, 0.3) is 0 Å². The molecule has 4 rings (SSSR count). The van der Waals surface area contributed by atoms with E-state index in [-0.39, 0.29) is 5.91 Å². The lowest BCUT2D eigenvalue weighted by molar-refractivity contribution is 0.102. The smallest absolute Gasteiger partial charge is 0.258 e. The molecule has 3 heterocycles. The molecule has 1 aromatic carbocycles. The number of likely N-dealkylation sites (tertiary alicyclic amines) is 1. The topological polar surface area (TPSA) is 75.9 Å². The number of anilines is 1. The third-order valence-corrected chi connectivity index (χ3v) is 5.14. The molecule has 0 saturated carbocycles. The van der Waals surface area contributed by atoms with Gasteiger partial charge in [-0.2, -0.15) is 10.1 Å². The number of carbonyl (C=O) groups excluding carboxylic acids is 1. The molecule has 7 heteroatoms. The number of nitrogens with one attached hydrogen (secondary N) is 1. The average molecular weight is 376 g/mol. The number of carbonyl (C=O) groups is 1.